The van der Waals surface area contributed by atoms with Crippen molar-refractivity contribution in [2.75, 3.05) is 26.3 Å². The zero-order valence-electron chi connectivity index (χ0n) is 11.9. The van der Waals surface area contributed by atoms with Crippen molar-refractivity contribution >= 4 is 0 Å². The predicted octanol–water partition coefficient (Wildman–Crippen LogP) is 1.49. The lowest BCUT2D eigenvalue weighted by Gasteiger charge is -2.45. The molecule has 1 fully saturated rings. The van der Waals surface area contributed by atoms with Crippen LogP contribution in [-0.2, 0) is 11.2 Å². The van der Waals surface area contributed by atoms with Gasteiger partial charge in [-0.1, -0.05) is 13.0 Å². The van der Waals surface area contributed by atoms with Gasteiger partial charge in [0, 0.05) is 36.9 Å². The van der Waals surface area contributed by atoms with Gasteiger partial charge < -0.3 is 9.84 Å². The van der Waals surface area contributed by atoms with Gasteiger partial charge in [-0.2, -0.15) is 0 Å². The molecule has 4 heteroatoms. The van der Waals surface area contributed by atoms with Crippen LogP contribution in [0.3, 0.4) is 0 Å². The second kappa shape index (κ2) is 6.46. The molecular formula is C15H24N2O2. The standard InChI is InChI=1S/C15H24N2O2/c1-3-15(2,17-8-10-19-11-9-17)14(18)12-13-6-4-5-7-16-13/h4-7,14,18H,3,8-12H2,1-2H3. The molecule has 0 amide bonds. The maximum atomic E-state index is 10.7. The Morgan fingerprint density at radius 1 is 1.42 bits per heavy atom. The number of aliphatic hydroxyl groups excluding tert-OH is 1. The van der Waals surface area contributed by atoms with Crippen LogP contribution in [0.4, 0.5) is 0 Å². The summed E-state index contributed by atoms with van der Waals surface area (Å²) in [6.07, 6.45) is 2.88. The van der Waals surface area contributed by atoms with Crippen molar-refractivity contribution in [3.8, 4) is 0 Å². The van der Waals surface area contributed by atoms with Crippen LogP contribution in [0.2, 0.25) is 0 Å². The Balaban J connectivity index is 2.06. The Bertz CT molecular complexity index is 379. The number of ether oxygens (including phenoxy) is 1. The first-order chi connectivity index (χ1) is 9.16. The van der Waals surface area contributed by atoms with Crippen LogP contribution in [0, 0.1) is 0 Å². The number of aliphatic hydroxyl groups is 1. The molecular weight excluding hydrogens is 240 g/mol. The third-order valence-corrected chi connectivity index (χ3v) is 4.30. The number of hydrogen-bond donors (Lipinski definition) is 1. The molecule has 0 saturated carbocycles. The maximum Gasteiger partial charge on any atom is 0.0776 e. The molecule has 106 valence electrons. The van der Waals surface area contributed by atoms with E-state index >= 15 is 0 Å². The summed E-state index contributed by atoms with van der Waals surface area (Å²) in [6.45, 7) is 7.58. The van der Waals surface area contributed by atoms with Gasteiger partial charge in [-0.25, -0.2) is 0 Å². The molecule has 0 radical (unpaired) electrons. The van der Waals surface area contributed by atoms with Gasteiger partial charge in [-0.15, -0.1) is 0 Å². The van der Waals surface area contributed by atoms with E-state index in [9.17, 15) is 5.11 Å². The molecule has 1 aliphatic rings. The van der Waals surface area contributed by atoms with Gasteiger partial charge in [0.15, 0.2) is 0 Å². The third kappa shape index (κ3) is 3.32. The number of pyridine rings is 1. The first-order valence-electron chi connectivity index (χ1n) is 7.07. The first kappa shape index (κ1) is 14.4. The Morgan fingerprint density at radius 3 is 2.74 bits per heavy atom. The quantitative estimate of drug-likeness (QED) is 0.875. The normalized spacial score (nSPS) is 21.8. The molecule has 2 unspecified atom stereocenters. The van der Waals surface area contributed by atoms with Crippen LogP contribution in [0.15, 0.2) is 24.4 Å². The summed E-state index contributed by atoms with van der Waals surface area (Å²) in [4.78, 5) is 6.66. The van der Waals surface area contributed by atoms with Gasteiger partial charge in [0.25, 0.3) is 0 Å². The lowest BCUT2D eigenvalue weighted by atomic mass is 9.86. The van der Waals surface area contributed by atoms with Crippen molar-refractivity contribution in [3.05, 3.63) is 30.1 Å². The summed E-state index contributed by atoms with van der Waals surface area (Å²) < 4.78 is 5.40. The summed E-state index contributed by atoms with van der Waals surface area (Å²) in [5.74, 6) is 0. The predicted molar refractivity (Wildman–Crippen MR) is 75.0 cm³/mol. The second-order valence-corrected chi connectivity index (χ2v) is 5.35. The summed E-state index contributed by atoms with van der Waals surface area (Å²) in [5, 5.41) is 10.7. The van der Waals surface area contributed by atoms with Crippen LogP contribution in [0.1, 0.15) is 26.0 Å². The summed E-state index contributed by atoms with van der Waals surface area (Å²) >= 11 is 0. The Hall–Kier alpha value is -0.970. The number of hydrogen-bond acceptors (Lipinski definition) is 4. The minimum atomic E-state index is -0.412. The molecule has 1 aromatic rings. The average molecular weight is 264 g/mol. The van der Waals surface area contributed by atoms with Crippen molar-refractivity contribution in [3.63, 3.8) is 0 Å². The second-order valence-electron chi connectivity index (χ2n) is 5.35. The van der Waals surface area contributed by atoms with Crippen LogP contribution in [-0.4, -0.2) is 52.9 Å². The molecule has 4 nitrogen and oxygen atoms in total. The minimum Gasteiger partial charge on any atom is -0.391 e. The lowest BCUT2D eigenvalue weighted by molar-refractivity contribution is -0.0716. The molecule has 1 saturated heterocycles. The van der Waals surface area contributed by atoms with E-state index in [2.05, 4.69) is 23.7 Å². The lowest BCUT2D eigenvalue weighted by Crippen LogP contribution is -2.58. The minimum absolute atomic E-state index is 0.207. The topological polar surface area (TPSA) is 45.6 Å². The number of aromatic nitrogens is 1. The monoisotopic (exact) mass is 264 g/mol. The fourth-order valence-electron chi connectivity index (χ4n) is 2.68. The molecule has 2 heterocycles. The van der Waals surface area contributed by atoms with Gasteiger partial charge in [-0.05, 0) is 25.5 Å². The molecule has 0 bridgehead atoms. The van der Waals surface area contributed by atoms with E-state index in [4.69, 9.17) is 4.74 Å². The summed E-state index contributed by atoms with van der Waals surface area (Å²) in [5.41, 5.74) is 0.740. The molecule has 0 aliphatic carbocycles. The molecule has 0 aromatic carbocycles. The highest BCUT2D eigenvalue weighted by Gasteiger charge is 2.38. The molecule has 2 rings (SSSR count). The molecule has 1 N–H and O–H groups in total. The van der Waals surface area contributed by atoms with E-state index in [1.807, 2.05) is 18.2 Å². The van der Waals surface area contributed by atoms with Crippen molar-refractivity contribution in [2.24, 2.45) is 0 Å². The van der Waals surface area contributed by atoms with Crippen molar-refractivity contribution < 1.29 is 9.84 Å². The van der Waals surface area contributed by atoms with E-state index in [-0.39, 0.29) is 5.54 Å². The summed E-state index contributed by atoms with van der Waals surface area (Å²) in [7, 11) is 0. The Labute approximate surface area is 115 Å². The van der Waals surface area contributed by atoms with Crippen LogP contribution in [0.25, 0.3) is 0 Å². The molecule has 2 atom stereocenters. The highest BCUT2D eigenvalue weighted by molar-refractivity contribution is 5.07. The SMILES string of the molecule is CCC(C)(C(O)Cc1ccccn1)N1CCOCC1. The van der Waals surface area contributed by atoms with Gasteiger partial charge in [-0.3, -0.25) is 9.88 Å². The smallest absolute Gasteiger partial charge is 0.0776 e. The fourth-order valence-corrected chi connectivity index (χ4v) is 2.68. The average Bonchev–Trinajstić information content (AvgIpc) is 2.48. The first-order valence-corrected chi connectivity index (χ1v) is 7.07. The Kier molecular flexibility index (Phi) is 4.91. The van der Waals surface area contributed by atoms with Gasteiger partial charge in [0.2, 0.25) is 0 Å². The number of rotatable bonds is 5. The zero-order valence-corrected chi connectivity index (χ0v) is 11.9. The van der Waals surface area contributed by atoms with Gasteiger partial charge in [0.05, 0.1) is 19.3 Å². The van der Waals surface area contributed by atoms with E-state index in [1.165, 1.54) is 0 Å². The van der Waals surface area contributed by atoms with Crippen LogP contribution in [0.5, 0.6) is 0 Å². The van der Waals surface area contributed by atoms with E-state index in [1.54, 1.807) is 6.20 Å². The highest BCUT2D eigenvalue weighted by Crippen LogP contribution is 2.26. The largest absolute Gasteiger partial charge is 0.391 e. The molecule has 1 aromatic heterocycles. The highest BCUT2D eigenvalue weighted by atomic mass is 16.5. The van der Waals surface area contributed by atoms with E-state index < -0.39 is 6.10 Å². The fraction of sp³-hybridized carbons (Fsp3) is 0.667. The molecule has 0 spiro atoms. The van der Waals surface area contributed by atoms with Gasteiger partial charge in [0.1, 0.15) is 0 Å². The number of nitrogens with zero attached hydrogens (tertiary/aromatic N) is 2. The van der Waals surface area contributed by atoms with E-state index in [0.717, 1.165) is 38.4 Å². The molecule has 19 heavy (non-hydrogen) atoms. The summed E-state index contributed by atoms with van der Waals surface area (Å²) in [6, 6.07) is 5.84. The third-order valence-electron chi connectivity index (χ3n) is 4.30. The van der Waals surface area contributed by atoms with Crippen molar-refractivity contribution in [2.45, 2.75) is 38.3 Å². The molecule has 1 aliphatic heterocycles. The number of morpholine rings is 1. The Morgan fingerprint density at radius 2 is 2.16 bits per heavy atom. The van der Waals surface area contributed by atoms with Crippen LogP contribution >= 0.6 is 0 Å². The maximum absolute atomic E-state index is 10.7. The van der Waals surface area contributed by atoms with Gasteiger partial charge >= 0.3 is 0 Å². The van der Waals surface area contributed by atoms with Crippen LogP contribution < -0.4 is 0 Å². The van der Waals surface area contributed by atoms with Crippen molar-refractivity contribution in [1.82, 2.24) is 9.88 Å². The zero-order chi connectivity index (χ0) is 13.7. The van der Waals surface area contributed by atoms with E-state index in [0.29, 0.717) is 6.42 Å². The van der Waals surface area contributed by atoms with Crippen molar-refractivity contribution in [1.29, 1.82) is 0 Å².